The molecule has 6 unspecified atom stereocenters. The summed E-state index contributed by atoms with van der Waals surface area (Å²) in [6.07, 6.45) is 18.9. The normalized spacial score (nSPS) is 26.9. The molecule has 3 fully saturated rings. The van der Waals surface area contributed by atoms with Crippen LogP contribution in [0.5, 0.6) is 0 Å². The van der Waals surface area contributed by atoms with Crippen LogP contribution in [-0.4, -0.2) is 60.6 Å². The highest BCUT2D eigenvalue weighted by Gasteiger charge is 2.50. The van der Waals surface area contributed by atoms with Crippen LogP contribution in [0.4, 0.5) is 5.69 Å². The van der Waals surface area contributed by atoms with E-state index in [-0.39, 0.29) is 49.8 Å². The Hall–Kier alpha value is -3.24. The fourth-order valence-corrected chi connectivity index (χ4v) is 10.8. The molecule has 4 aliphatic carbocycles. The van der Waals surface area contributed by atoms with Gasteiger partial charge in [0.15, 0.2) is 0 Å². The van der Waals surface area contributed by atoms with Gasteiger partial charge in [0.25, 0.3) is 0 Å². The zero-order valence-corrected chi connectivity index (χ0v) is 35.7. The minimum Gasteiger partial charge on any atom is -0.392 e. The molecule has 0 radical (unpaired) electrons. The monoisotopic (exact) mass is 791 g/mol. The van der Waals surface area contributed by atoms with Gasteiger partial charge in [0.05, 0.1) is 19.3 Å². The first kappa shape index (κ1) is 44.9. The van der Waals surface area contributed by atoms with Gasteiger partial charge in [-0.25, -0.2) is 0 Å². The molecule has 0 aromatic heterocycles. The lowest BCUT2D eigenvalue weighted by atomic mass is 9.56. The van der Waals surface area contributed by atoms with Crippen LogP contribution in [0.1, 0.15) is 136 Å². The van der Waals surface area contributed by atoms with E-state index in [0.717, 1.165) is 72.2 Å². The van der Waals surface area contributed by atoms with Gasteiger partial charge in [0, 0.05) is 31.7 Å². The van der Waals surface area contributed by atoms with Crippen LogP contribution >= 0.6 is 0 Å². The van der Waals surface area contributed by atoms with Gasteiger partial charge in [-0.1, -0.05) is 84.1 Å². The highest BCUT2D eigenvalue weighted by atomic mass is 16.5. The summed E-state index contributed by atoms with van der Waals surface area (Å²) in [7, 11) is 0. The lowest BCUT2D eigenvalue weighted by Crippen LogP contribution is -2.51. The number of ether oxygens (including phenoxy) is 1. The number of benzene rings is 1. The third kappa shape index (κ3) is 12.9. The third-order valence-electron chi connectivity index (χ3n) is 14.2. The van der Waals surface area contributed by atoms with Crippen molar-refractivity contribution in [2.24, 2.45) is 53.3 Å². The van der Waals surface area contributed by atoms with Crippen LogP contribution in [0.15, 0.2) is 35.9 Å². The first-order valence-corrected chi connectivity index (χ1v) is 22.6. The van der Waals surface area contributed by atoms with Gasteiger partial charge in [0.1, 0.15) is 6.04 Å². The van der Waals surface area contributed by atoms with Gasteiger partial charge in [-0.05, 0) is 129 Å². The van der Waals surface area contributed by atoms with Crippen LogP contribution < -0.4 is 21.3 Å². The molecule has 1 aromatic carbocycles. The number of carbonyl (C=O) groups is 4. The molecule has 318 valence electrons. The van der Waals surface area contributed by atoms with Gasteiger partial charge in [-0.2, -0.15) is 0 Å². The second kappa shape index (κ2) is 22.2. The Labute approximate surface area is 342 Å². The fourth-order valence-electron chi connectivity index (χ4n) is 10.8. The van der Waals surface area contributed by atoms with Crippen molar-refractivity contribution in [3.63, 3.8) is 0 Å². The van der Waals surface area contributed by atoms with Crippen LogP contribution in [-0.2, 0) is 30.5 Å². The molecule has 3 saturated carbocycles. The minimum absolute atomic E-state index is 0.0267. The topological polar surface area (TPSA) is 146 Å². The molecule has 10 atom stereocenters. The lowest BCUT2D eigenvalue weighted by molar-refractivity contribution is -0.131. The summed E-state index contributed by atoms with van der Waals surface area (Å²) < 4.78 is 6.35. The zero-order valence-electron chi connectivity index (χ0n) is 35.7. The van der Waals surface area contributed by atoms with Gasteiger partial charge < -0.3 is 31.1 Å². The van der Waals surface area contributed by atoms with Gasteiger partial charge >= 0.3 is 0 Å². The molecule has 4 amide bonds. The Kier molecular flexibility index (Phi) is 17.5. The number of hydrogen-bond acceptors (Lipinski definition) is 6. The molecule has 0 aliphatic heterocycles. The standard InChI is InChI=1S/C47H74N4O6/c1-6-31(4)46(47(56)49-28-45(55)50-35-14-11-33(29-52)12-15-35)51-44(54)24-23-43(53)48-25-8-26-57-36-16-18-38-34(27-36)13-17-41-40(38)22-21-39-37(19-20-42(39)41)32(5)10-7-9-30(2)3/h11-15,30-32,36-42,46,52H,6-10,16-29H2,1-5H3,(H,48,53)(H,49,56)(H,50,55)(H,51,54)/t31-,32?,36-,37?,38?,39?,40+,41?,42?,46-/m0/s1. The second-order valence-corrected chi connectivity index (χ2v) is 18.4. The number of aliphatic hydroxyl groups is 1. The van der Waals surface area contributed by atoms with E-state index < -0.39 is 17.9 Å². The van der Waals surface area contributed by atoms with Crippen molar-refractivity contribution in [3.8, 4) is 0 Å². The zero-order chi connectivity index (χ0) is 40.9. The first-order chi connectivity index (χ1) is 27.5. The molecule has 0 saturated heterocycles. The average Bonchev–Trinajstić information content (AvgIpc) is 3.65. The molecular weight excluding hydrogens is 717 g/mol. The quantitative estimate of drug-likeness (QED) is 0.0638. The average molecular weight is 791 g/mol. The maximum Gasteiger partial charge on any atom is 0.243 e. The maximum atomic E-state index is 13.0. The van der Waals surface area contributed by atoms with E-state index in [0.29, 0.717) is 25.3 Å². The Morgan fingerprint density at radius 1 is 0.807 bits per heavy atom. The van der Waals surface area contributed by atoms with Crippen molar-refractivity contribution >= 4 is 29.3 Å². The largest absolute Gasteiger partial charge is 0.392 e. The van der Waals surface area contributed by atoms with E-state index in [4.69, 9.17) is 4.74 Å². The minimum atomic E-state index is -0.826. The molecular formula is C47H74N4O6. The maximum absolute atomic E-state index is 13.0. The predicted molar refractivity (Wildman–Crippen MR) is 226 cm³/mol. The molecule has 0 heterocycles. The number of rotatable bonds is 21. The lowest BCUT2D eigenvalue weighted by Gasteiger charge is -2.50. The Bertz CT molecular complexity index is 1490. The Balaban J connectivity index is 0.948. The summed E-state index contributed by atoms with van der Waals surface area (Å²) >= 11 is 0. The van der Waals surface area contributed by atoms with Gasteiger partial charge in [-0.15, -0.1) is 0 Å². The molecule has 0 bridgehead atoms. The van der Waals surface area contributed by atoms with E-state index >= 15 is 0 Å². The summed E-state index contributed by atoms with van der Waals surface area (Å²) in [5.41, 5.74) is 2.94. The summed E-state index contributed by atoms with van der Waals surface area (Å²) in [4.78, 5) is 50.7. The van der Waals surface area contributed by atoms with Crippen LogP contribution in [0.3, 0.4) is 0 Å². The van der Waals surface area contributed by atoms with Crippen molar-refractivity contribution in [1.29, 1.82) is 0 Å². The molecule has 4 aliphatic rings. The predicted octanol–water partition coefficient (Wildman–Crippen LogP) is 7.70. The van der Waals surface area contributed by atoms with Crippen molar-refractivity contribution in [1.82, 2.24) is 16.0 Å². The summed E-state index contributed by atoms with van der Waals surface area (Å²) in [6.45, 7) is 11.8. The smallest absolute Gasteiger partial charge is 0.243 e. The number of nitrogens with one attached hydrogen (secondary N) is 4. The number of aliphatic hydroxyl groups excluding tert-OH is 1. The summed E-state index contributed by atoms with van der Waals surface area (Å²) in [5, 5.41) is 20.2. The van der Waals surface area contributed by atoms with Gasteiger partial charge in [-0.3, -0.25) is 19.2 Å². The summed E-state index contributed by atoms with van der Waals surface area (Å²) in [6, 6.07) is 5.93. The van der Waals surface area contributed by atoms with Crippen LogP contribution in [0.2, 0.25) is 0 Å². The SMILES string of the molecule is CC[C@H](C)[C@H](NC(=O)CCC(=O)NCCCO[C@H]1CCC2C(=CCC3C4CCC(C(C)CCCC(C)C)C4CC[C@H]23)C1)C(=O)NCC(=O)Nc1ccc(CO)cc1. The number of hydrogen-bond donors (Lipinski definition) is 5. The van der Waals surface area contributed by atoms with Gasteiger partial charge in [0.2, 0.25) is 23.6 Å². The third-order valence-corrected chi connectivity index (χ3v) is 14.2. The number of allylic oxidation sites excluding steroid dienone is 1. The molecule has 1 aromatic rings. The number of fused-ring (bicyclic) bond motifs is 5. The second-order valence-electron chi connectivity index (χ2n) is 18.4. The molecule has 10 nitrogen and oxygen atoms in total. The van der Waals surface area contributed by atoms with Crippen molar-refractivity contribution in [2.45, 2.75) is 150 Å². The van der Waals surface area contributed by atoms with E-state index in [1.54, 1.807) is 29.8 Å². The summed E-state index contributed by atoms with van der Waals surface area (Å²) in [5.74, 6) is 5.47. The highest BCUT2D eigenvalue weighted by molar-refractivity contribution is 5.96. The Morgan fingerprint density at radius 2 is 1.54 bits per heavy atom. The number of amides is 4. The molecule has 0 spiro atoms. The molecule has 57 heavy (non-hydrogen) atoms. The Morgan fingerprint density at radius 3 is 2.28 bits per heavy atom. The van der Waals surface area contributed by atoms with Crippen LogP contribution in [0.25, 0.3) is 0 Å². The van der Waals surface area contributed by atoms with E-state index in [2.05, 4.69) is 48.1 Å². The van der Waals surface area contributed by atoms with Crippen molar-refractivity contribution in [2.75, 3.05) is 25.0 Å². The molecule has 5 N–H and O–H groups in total. The van der Waals surface area contributed by atoms with Crippen LogP contribution in [0, 0.1) is 53.3 Å². The van der Waals surface area contributed by atoms with E-state index in [1.165, 1.54) is 57.8 Å². The molecule has 5 rings (SSSR count). The van der Waals surface area contributed by atoms with Crippen molar-refractivity contribution in [3.05, 3.63) is 41.5 Å². The van der Waals surface area contributed by atoms with E-state index in [9.17, 15) is 24.3 Å². The fraction of sp³-hybridized carbons (Fsp3) is 0.745. The molecule has 10 heteroatoms. The van der Waals surface area contributed by atoms with E-state index in [1.807, 2.05) is 13.8 Å². The number of carbonyl (C=O) groups excluding carboxylic acids is 4. The highest BCUT2D eigenvalue weighted by Crippen LogP contribution is 2.59. The van der Waals surface area contributed by atoms with Crippen molar-refractivity contribution < 1.29 is 29.0 Å². The first-order valence-electron chi connectivity index (χ1n) is 22.6. The number of anilines is 1.